The van der Waals surface area contributed by atoms with E-state index in [9.17, 15) is 13.2 Å². The first-order valence-electron chi connectivity index (χ1n) is 20.4. The van der Waals surface area contributed by atoms with Crippen LogP contribution in [-0.4, -0.2) is 101 Å². The maximum absolute atomic E-state index is 13.7. The number of nitrogens with one attached hydrogen (secondary N) is 1. The molecule has 1 saturated carbocycles. The van der Waals surface area contributed by atoms with Gasteiger partial charge in [0.15, 0.2) is 0 Å². The zero-order valence-corrected chi connectivity index (χ0v) is 34.1. The van der Waals surface area contributed by atoms with Gasteiger partial charge in [0, 0.05) is 61.9 Å². The average Bonchev–Trinajstić information content (AvgIpc) is 3.28. The van der Waals surface area contributed by atoms with Crippen molar-refractivity contribution in [2.24, 2.45) is 23.7 Å². The number of benzene rings is 2. The van der Waals surface area contributed by atoms with Crippen molar-refractivity contribution >= 4 is 33.2 Å². The third-order valence-corrected chi connectivity index (χ3v) is 16.6. The van der Waals surface area contributed by atoms with Crippen LogP contribution in [0.3, 0.4) is 0 Å². The van der Waals surface area contributed by atoms with Crippen LogP contribution in [0.15, 0.2) is 48.6 Å². The van der Waals surface area contributed by atoms with Gasteiger partial charge in [-0.2, -0.15) is 0 Å². The van der Waals surface area contributed by atoms with E-state index in [1.807, 2.05) is 32.2 Å². The van der Waals surface area contributed by atoms with E-state index < -0.39 is 26.8 Å². The summed E-state index contributed by atoms with van der Waals surface area (Å²) in [6.45, 7) is 10.3. The van der Waals surface area contributed by atoms with Crippen molar-refractivity contribution in [2.45, 2.75) is 93.9 Å². The number of likely N-dealkylation sites (N-methyl/N-ethyl adjacent to an activating group) is 1. The minimum Gasteiger partial charge on any atom is -0.490 e. The smallest absolute Gasteiger partial charge is 0.264 e. The number of hydrogen-bond donors (Lipinski definition) is 1. The number of sulfonamides is 1. The Balaban J connectivity index is 1.18. The number of nitrogens with zero attached hydrogens (tertiary/aromatic N) is 3. The molecule has 4 aliphatic heterocycles. The molecule has 11 heteroatoms. The molecular weight excluding hydrogens is 720 g/mol. The van der Waals surface area contributed by atoms with Crippen molar-refractivity contribution in [1.29, 1.82) is 0 Å². The summed E-state index contributed by atoms with van der Waals surface area (Å²) in [4.78, 5) is 21.3. The lowest BCUT2D eigenvalue weighted by atomic mass is 9.61. The first-order chi connectivity index (χ1) is 25.9. The topological polar surface area (TPSA) is 91.4 Å². The summed E-state index contributed by atoms with van der Waals surface area (Å²) in [5, 5.41) is -0.00850. The van der Waals surface area contributed by atoms with E-state index >= 15 is 0 Å². The second-order valence-corrected chi connectivity index (χ2v) is 20.2. The van der Waals surface area contributed by atoms with Gasteiger partial charge in [0.1, 0.15) is 5.75 Å². The highest BCUT2D eigenvalue weighted by atomic mass is 35.5. The first kappa shape index (κ1) is 38.3. The number of hydrogen-bond acceptors (Lipinski definition) is 8. The molecule has 1 spiro atoms. The highest BCUT2D eigenvalue weighted by Gasteiger charge is 2.50. The number of fused-ring (bicyclic) bond motifs is 5. The Bertz CT molecular complexity index is 1870. The van der Waals surface area contributed by atoms with E-state index in [-0.39, 0.29) is 11.3 Å². The molecule has 0 aromatic heterocycles. The van der Waals surface area contributed by atoms with E-state index in [4.69, 9.17) is 21.1 Å². The number of aryl methyl sites for hydroxylation is 1. The molecule has 1 N–H and O–H groups in total. The molecule has 2 aliphatic carbocycles. The Labute approximate surface area is 327 Å². The fourth-order valence-corrected chi connectivity index (χ4v) is 12.4. The van der Waals surface area contributed by atoms with E-state index in [1.54, 1.807) is 13.0 Å². The maximum Gasteiger partial charge on any atom is 0.264 e. The zero-order valence-electron chi connectivity index (χ0n) is 32.6. The lowest BCUT2D eigenvalue weighted by molar-refractivity contribution is -0.0956. The van der Waals surface area contributed by atoms with Crippen molar-refractivity contribution < 1.29 is 22.7 Å². The first-order valence-corrected chi connectivity index (χ1v) is 22.3. The van der Waals surface area contributed by atoms with Gasteiger partial charge < -0.3 is 19.3 Å². The maximum atomic E-state index is 13.7. The predicted molar refractivity (Wildman–Crippen MR) is 215 cm³/mol. The number of amides is 1. The molecule has 3 fully saturated rings. The van der Waals surface area contributed by atoms with Gasteiger partial charge in [0.25, 0.3) is 5.91 Å². The van der Waals surface area contributed by atoms with E-state index in [0.717, 1.165) is 94.3 Å². The summed E-state index contributed by atoms with van der Waals surface area (Å²) >= 11 is 6.52. The Kier molecular flexibility index (Phi) is 10.6. The van der Waals surface area contributed by atoms with Gasteiger partial charge in [-0.25, -0.2) is 13.1 Å². The largest absolute Gasteiger partial charge is 0.490 e. The van der Waals surface area contributed by atoms with Crippen molar-refractivity contribution in [1.82, 2.24) is 14.5 Å². The van der Waals surface area contributed by atoms with Crippen LogP contribution < -0.4 is 14.4 Å². The molecule has 2 aromatic rings. The SMILES string of the molecule is CO[C@@]1(CC2CCN3CCN(C)C[C@@H]3C2)/C=C/C[C@H](C)[C@@H](C)S(=O)(=O)NC(=O)c2ccc3c(c2)N(C[C@@H]2CC[C@H]21)C[C@@]1(CCCc2cc(Cl)ccc21)CO3. The molecule has 6 aliphatic rings. The molecule has 8 rings (SSSR count). The van der Waals surface area contributed by atoms with Gasteiger partial charge in [0.2, 0.25) is 10.0 Å². The van der Waals surface area contributed by atoms with Crippen LogP contribution in [0, 0.1) is 23.7 Å². The fraction of sp³-hybridized carbons (Fsp3) is 0.651. The number of methoxy groups -OCH3 is 1. The Hall–Kier alpha value is -2.63. The summed E-state index contributed by atoms with van der Waals surface area (Å²) in [6.07, 6.45) is 13.6. The number of ether oxygens (including phenoxy) is 2. The molecule has 294 valence electrons. The Morgan fingerprint density at radius 1 is 1.06 bits per heavy atom. The quantitative estimate of drug-likeness (QED) is 0.346. The zero-order chi connectivity index (χ0) is 37.8. The van der Waals surface area contributed by atoms with Crippen LogP contribution in [0.1, 0.15) is 86.7 Å². The summed E-state index contributed by atoms with van der Waals surface area (Å²) in [5.41, 5.74) is 3.04. The number of piperidine rings is 1. The van der Waals surface area contributed by atoms with Gasteiger partial charge in [0.05, 0.1) is 23.1 Å². The van der Waals surface area contributed by atoms with Crippen LogP contribution in [0.5, 0.6) is 5.75 Å². The van der Waals surface area contributed by atoms with Gasteiger partial charge in [-0.3, -0.25) is 9.69 Å². The monoisotopic (exact) mass is 778 g/mol. The molecular formula is C43H59ClN4O5S. The van der Waals surface area contributed by atoms with Crippen molar-refractivity contribution in [3.8, 4) is 5.75 Å². The minimum absolute atomic E-state index is 0.201. The normalized spacial score (nSPS) is 36.4. The fourth-order valence-electron chi connectivity index (χ4n) is 10.9. The number of carbonyl (C=O) groups excluding carboxylic acids is 1. The second kappa shape index (κ2) is 15.0. The molecule has 8 atom stereocenters. The van der Waals surface area contributed by atoms with Crippen LogP contribution in [-0.2, 0) is 26.6 Å². The van der Waals surface area contributed by atoms with Crippen molar-refractivity contribution in [2.75, 3.05) is 64.9 Å². The van der Waals surface area contributed by atoms with E-state index in [1.165, 1.54) is 24.0 Å². The van der Waals surface area contributed by atoms with Crippen molar-refractivity contribution in [3.63, 3.8) is 0 Å². The predicted octanol–water partition coefficient (Wildman–Crippen LogP) is 6.68. The van der Waals surface area contributed by atoms with Crippen molar-refractivity contribution in [3.05, 3.63) is 70.3 Å². The number of rotatable bonds is 3. The number of anilines is 1. The lowest BCUT2D eigenvalue weighted by Gasteiger charge is -2.53. The summed E-state index contributed by atoms with van der Waals surface area (Å²) < 4.78 is 43.3. The number of halogens is 1. The highest BCUT2D eigenvalue weighted by Crippen LogP contribution is 2.51. The van der Waals surface area contributed by atoms with Gasteiger partial charge in [-0.1, -0.05) is 36.7 Å². The van der Waals surface area contributed by atoms with E-state index in [2.05, 4.69) is 50.8 Å². The molecule has 4 heterocycles. The minimum atomic E-state index is -3.95. The lowest BCUT2D eigenvalue weighted by Crippen LogP contribution is -2.57. The van der Waals surface area contributed by atoms with Crippen LogP contribution in [0.25, 0.3) is 0 Å². The van der Waals surface area contributed by atoms with Gasteiger partial charge in [-0.15, -0.1) is 0 Å². The van der Waals surface area contributed by atoms with E-state index in [0.29, 0.717) is 42.4 Å². The Morgan fingerprint density at radius 3 is 2.70 bits per heavy atom. The number of carbonyl (C=O) groups is 1. The van der Waals surface area contributed by atoms with Crippen LogP contribution in [0.4, 0.5) is 5.69 Å². The molecule has 0 radical (unpaired) electrons. The van der Waals surface area contributed by atoms with Gasteiger partial charge >= 0.3 is 0 Å². The highest BCUT2D eigenvalue weighted by molar-refractivity contribution is 7.90. The molecule has 2 saturated heterocycles. The third-order valence-electron chi connectivity index (χ3n) is 14.5. The average molecular weight is 779 g/mol. The summed E-state index contributed by atoms with van der Waals surface area (Å²) in [5.74, 6) is 1.15. The third kappa shape index (κ3) is 7.23. The molecule has 54 heavy (non-hydrogen) atoms. The number of allylic oxidation sites excluding steroid dienone is 1. The molecule has 2 bridgehead atoms. The second-order valence-electron chi connectivity index (χ2n) is 17.7. The molecule has 9 nitrogen and oxygen atoms in total. The molecule has 2 aromatic carbocycles. The van der Waals surface area contributed by atoms with Crippen LogP contribution >= 0.6 is 11.6 Å². The standard InChI is InChI=1S/C43H59ClN4O5S/c1-29-7-5-17-43(52-4,24-31-15-18-47-20-19-46(3)26-36(47)21-31)38-12-9-34(38)25-48-27-42(16-6-8-32-22-35(44)11-13-37(32)42)28-53-40-14-10-33(23-39(40)48)41(49)45-54(50,51)30(29)2/h5,10-11,13-14,17,22-23,29-31,34,36,38H,6-9,12,15-16,18-21,24-28H2,1-4H3,(H,45,49)/b17-5+/t29-,30+,31?,34-,36-,38+,42-,43+/m0/s1. The summed E-state index contributed by atoms with van der Waals surface area (Å²) in [6, 6.07) is 12.3. The number of piperazine rings is 1. The Morgan fingerprint density at radius 2 is 1.91 bits per heavy atom. The summed E-state index contributed by atoms with van der Waals surface area (Å²) in [7, 11) is 0.195. The molecule has 1 amide bonds. The molecule has 1 unspecified atom stereocenters. The van der Waals surface area contributed by atoms with Gasteiger partial charge in [-0.05, 0) is 143 Å². The van der Waals surface area contributed by atoms with Crippen LogP contribution in [0.2, 0.25) is 5.02 Å².